The highest BCUT2D eigenvalue weighted by atomic mass is 16.1. The molecule has 0 radical (unpaired) electrons. The van der Waals surface area contributed by atoms with Gasteiger partial charge >= 0.3 is 0 Å². The van der Waals surface area contributed by atoms with E-state index in [0.717, 1.165) is 37.6 Å². The molecule has 6 heteroatoms. The second-order valence-electron chi connectivity index (χ2n) is 6.13. The Morgan fingerprint density at radius 3 is 2.50 bits per heavy atom. The van der Waals surface area contributed by atoms with Gasteiger partial charge in [-0.15, -0.1) is 0 Å². The summed E-state index contributed by atoms with van der Waals surface area (Å²) in [4.78, 5) is 21.0. The minimum absolute atomic E-state index is 0.431. The van der Waals surface area contributed by atoms with Gasteiger partial charge in [0.25, 0.3) is 5.91 Å². The van der Waals surface area contributed by atoms with Crippen LogP contribution in [0.5, 0.6) is 0 Å². The van der Waals surface area contributed by atoms with Crippen LogP contribution < -0.4 is 10.6 Å². The molecule has 1 aliphatic rings. The number of carbonyl (C=O) groups excluding carboxylic acids is 1. The first kappa shape index (κ1) is 14.8. The summed E-state index contributed by atoms with van der Waals surface area (Å²) in [6.45, 7) is 8.41. The molecule has 0 spiro atoms. The van der Waals surface area contributed by atoms with Crippen LogP contribution in [0, 0.1) is 0 Å². The van der Waals surface area contributed by atoms with Gasteiger partial charge in [0.15, 0.2) is 0 Å². The van der Waals surface area contributed by atoms with Crippen LogP contribution in [0.15, 0.2) is 18.2 Å². The third kappa shape index (κ3) is 2.43. The average molecular weight is 301 g/mol. The van der Waals surface area contributed by atoms with Gasteiger partial charge in [-0.05, 0) is 26.0 Å². The number of primary amides is 1. The van der Waals surface area contributed by atoms with Gasteiger partial charge in [-0.1, -0.05) is 6.07 Å². The van der Waals surface area contributed by atoms with Crippen LogP contribution in [0.3, 0.4) is 0 Å². The van der Waals surface area contributed by atoms with Gasteiger partial charge in [0.1, 0.15) is 5.52 Å². The molecule has 2 N–H and O–H groups in total. The number of carbonyl (C=O) groups is 1. The summed E-state index contributed by atoms with van der Waals surface area (Å²) in [5.41, 5.74) is 7.58. The van der Waals surface area contributed by atoms with Gasteiger partial charge in [0.2, 0.25) is 5.95 Å². The number of piperazine rings is 1. The van der Waals surface area contributed by atoms with Crippen molar-refractivity contribution in [3.63, 3.8) is 0 Å². The Bertz CT molecular complexity index is 698. The predicted molar refractivity (Wildman–Crippen MR) is 88.2 cm³/mol. The highest BCUT2D eigenvalue weighted by Gasteiger charge is 2.23. The number of hydrogen-bond donors (Lipinski definition) is 1. The van der Waals surface area contributed by atoms with Crippen LogP contribution in [0.25, 0.3) is 11.0 Å². The van der Waals surface area contributed by atoms with Gasteiger partial charge in [-0.25, -0.2) is 4.98 Å². The van der Waals surface area contributed by atoms with Crippen LogP contribution >= 0.6 is 0 Å². The molecule has 1 aromatic heterocycles. The molecule has 118 valence electrons. The SMILES string of the molecule is CC(C)N1CCN(c2nc3c(C(N)=O)cccc3n2C)CC1. The molecule has 22 heavy (non-hydrogen) atoms. The third-order valence-corrected chi connectivity index (χ3v) is 4.48. The maximum Gasteiger partial charge on any atom is 0.250 e. The number of anilines is 1. The van der Waals surface area contributed by atoms with E-state index in [4.69, 9.17) is 10.7 Å². The Morgan fingerprint density at radius 2 is 1.91 bits per heavy atom. The quantitative estimate of drug-likeness (QED) is 0.925. The van der Waals surface area contributed by atoms with Crippen LogP contribution in [0.1, 0.15) is 24.2 Å². The Labute approximate surface area is 130 Å². The molecule has 0 saturated carbocycles. The number of para-hydroxylation sites is 1. The molecule has 0 aliphatic carbocycles. The number of rotatable bonds is 3. The molecule has 0 unspecified atom stereocenters. The summed E-state index contributed by atoms with van der Waals surface area (Å²) in [5, 5.41) is 0. The molecule has 3 rings (SSSR count). The maximum atomic E-state index is 11.6. The zero-order valence-corrected chi connectivity index (χ0v) is 13.4. The standard InChI is InChI=1S/C16H23N5O/c1-11(2)20-7-9-21(10-8-20)16-18-14-12(15(17)22)5-4-6-13(14)19(16)3/h4-6,11H,7-10H2,1-3H3,(H2,17,22). The van der Waals surface area contributed by atoms with Crippen molar-refractivity contribution in [2.45, 2.75) is 19.9 Å². The Hall–Kier alpha value is -2.08. The van der Waals surface area contributed by atoms with E-state index < -0.39 is 5.91 Å². The van der Waals surface area contributed by atoms with E-state index in [9.17, 15) is 4.79 Å². The van der Waals surface area contributed by atoms with E-state index in [2.05, 4.69) is 23.6 Å². The summed E-state index contributed by atoms with van der Waals surface area (Å²) in [6, 6.07) is 6.13. The number of hydrogen-bond acceptors (Lipinski definition) is 4. The molecule has 1 saturated heterocycles. The molecule has 0 bridgehead atoms. The lowest BCUT2D eigenvalue weighted by Crippen LogP contribution is -2.49. The number of nitrogens with zero attached hydrogens (tertiary/aromatic N) is 4. The van der Waals surface area contributed by atoms with Crippen LogP contribution in [-0.4, -0.2) is 52.6 Å². The first-order chi connectivity index (χ1) is 10.5. The average Bonchev–Trinajstić information content (AvgIpc) is 2.84. The lowest BCUT2D eigenvalue weighted by atomic mass is 10.2. The third-order valence-electron chi connectivity index (χ3n) is 4.48. The number of aromatic nitrogens is 2. The normalized spacial score (nSPS) is 16.6. The van der Waals surface area contributed by atoms with Crippen LogP contribution in [0.2, 0.25) is 0 Å². The van der Waals surface area contributed by atoms with Crippen molar-refractivity contribution in [3.8, 4) is 0 Å². The first-order valence-electron chi connectivity index (χ1n) is 7.73. The Balaban J connectivity index is 1.94. The number of nitrogens with two attached hydrogens (primary N) is 1. The molecule has 1 aliphatic heterocycles. The van der Waals surface area contributed by atoms with Crippen molar-refractivity contribution in [2.24, 2.45) is 12.8 Å². The van der Waals surface area contributed by atoms with E-state index >= 15 is 0 Å². The van der Waals surface area contributed by atoms with E-state index in [1.54, 1.807) is 6.07 Å². The molecule has 0 atom stereocenters. The molecular formula is C16H23N5O. The highest BCUT2D eigenvalue weighted by Crippen LogP contribution is 2.25. The van der Waals surface area contributed by atoms with E-state index in [1.807, 2.05) is 23.7 Å². The van der Waals surface area contributed by atoms with Crippen molar-refractivity contribution in [3.05, 3.63) is 23.8 Å². The van der Waals surface area contributed by atoms with Gasteiger partial charge in [0, 0.05) is 39.3 Å². The molecule has 2 heterocycles. The fraction of sp³-hybridized carbons (Fsp3) is 0.500. The second kappa shape index (κ2) is 5.61. The first-order valence-corrected chi connectivity index (χ1v) is 7.73. The second-order valence-corrected chi connectivity index (χ2v) is 6.13. The minimum Gasteiger partial charge on any atom is -0.366 e. The Kier molecular flexibility index (Phi) is 3.78. The summed E-state index contributed by atoms with van der Waals surface area (Å²) in [7, 11) is 1.99. The highest BCUT2D eigenvalue weighted by molar-refractivity contribution is 6.04. The molecule has 1 amide bonds. The fourth-order valence-corrected chi connectivity index (χ4v) is 3.12. The number of imidazole rings is 1. The number of aryl methyl sites for hydroxylation is 1. The van der Waals surface area contributed by atoms with Gasteiger partial charge < -0.3 is 15.2 Å². The van der Waals surface area contributed by atoms with Gasteiger partial charge in [-0.2, -0.15) is 0 Å². The Morgan fingerprint density at radius 1 is 1.23 bits per heavy atom. The predicted octanol–water partition coefficient (Wildman–Crippen LogP) is 1.20. The van der Waals surface area contributed by atoms with Crippen LogP contribution in [0.4, 0.5) is 5.95 Å². The van der Waals surface area contributed by atoms with Gasteiger partial charge in [-0.3, -0.25) is 9.69 Å². The number of benzene rings is 1. The fourth-order valence-electron chi connectivity index (χ4n) is 3.12. The lowest BCUT2D eigenvalue weighted by Gasteiger charge is -2.37. The smallest absolute Gasteiger partial charge is 0.250 e. The molecule has 2 aromatic rings. The summed E-state index contributed by atoms with van der Waals surface area (Å²) < 4.78 is 2.05. The summed E-state index contributed by atoms with van der Waals surface area (Å²) >= 11 is 0. The molecule has 6 nitrogen and oxygen atoms in total. The zero-order chi connectivity index (χ0) is 15.9. The van der Waals surface area contributed by atoms with E-state index in [0.29, 0.717) is 17.1 Å². The summed E-state index contributed by atoms with van der Waals surface area (Å²) in [6.07, 6.45) is 0. The van der Waals surface area contributed by atoms with E-state index in [-0.39, 0.29) is 0 Å². The van der Waals surface area contributed by atoms with Crippen molar-refractivity contribution in [2.75, 3.05) is 31.1 Å². The van der Waals surface area contributed by atoms with Crippen LogP contribution in [-0.2, 0) is 7.05 Å². The molecule has 1 fully saturated rings. The monoisotopic (exact) mass is 301 g/mol. The molecule has 1 aromatic carbocycles. The zero-order valence-electron chi connectivity index (χ0n) is 13.4. The topological polar surface area (TPSA) is 67.4 Å². The van der Waals surface area contributed by atoms with Crippen molar-refractivity contribution >= 4 is 22.9 Å². The minimum atomic E-state index is -0.431. The van der Waals surface area contributed by atoms with Crippen molar-refractivity contribution in [1.29, 1.82) is 0 Å². The van der Waals surface area contributed by atoms with Crippen molar-refractivity contribution < 1.29 is 4.79 Å². The maximum absolute atomic E-state index is 11.6. The van der Waals surface area contributed by atoms with E-state index in [1.165, 1.54) is 0 Å². The molecular weight excluding hydrogens is 278 g/mol. The van der Waals surface area contributed by atoms with Gasteiger partial charge in [0.05, 0.1) is 11.1 Å². The lowest BCUT2D eigenvalue weighted by molar-refractivity contribution is 0.100. The number of fused-ring (bicyclic) bond motifs is 1. The largest absolute Gasteiger partial charge is 0.366 e. The number of amides is 1. The summed E-state index contributed by atoms with van der Waals surface area (Å²) in [5.74, 6) is 0.479. The van der Waals surface area contributed by atoms with Crippen molar-refractivity contribution in [1.82, 2.24) is 14.5 Å².